The highest BCUT2D eigenvalue weighted by molar-refractivity contribution is 6.34. The number of benzene rings is 1. The van der Waals surface area contributed by atoms with Crippen LogP contribution in [0.1, 0.15) is 17.4 Å². The zero-order valence-corrected chi connectivity index (χ0v) is 12.7. The van der Waals surface area contributed by atoms with Crippen LogP contribution in [-0.2, 0) is 4.74 Å². The van der Waals surface area contributed by atoms with E-state index in [1.54, 1.807) is 12.1 Å². The Labute approximate surface area is 126 Å². The number of hydrogen-bond acceptors (Lipinski definition) is 3. The Balaban J connectivity index is 2.72. The standard InChI is InChI=1S/C13H16Cl2F2O3/c1-18-10-4-3-8(13(19-2)12(10)15)9(14)5-6-20-7-11(16)17/h3-4,9,11H,5-7H2,1-2H3. The van der Waals surface area contributed by atoms with Crippen LogP contribution >= 0.6 is 23.2 Å². The van der Waals surface area contributed by atoms with Crippen LogP contribution in [-0.4, -0.2) is 33.9 Å². The van der Waals surface area contributed by atoms with Crippen molar-refractivity contribution in [3.63, 3.8) is 0 Å². The van der Waals surface area contributed by atoms with Crippen LogP contribution in [0.15, 0.2) is 12.1 Å². The van der Waals surface area contributed by atoms with Crippen LogP contribution < -0.4 is 9.47 Å². The van der Waals surface area contributed by atoms with Crippen LogP contribution in [0.25, 0.3) is 0 Å². The monoisotopic (exact) mass is 328 g/mol. The van der Waals surface area contributed by atoms with E-state index >= 15 is 0 Å². The fraction of sp³-hybridized carbons (Fsp3) is 0.538. The molecule has 0 saturated heterocycles. The van der Waals surface area contributed by atoms with Crippen molar-refractivity contribution in [3.8, 4) is 11.5 Å². The maximum Gasteiger partial charge on any atom is 0.261 e. The van der Waals surface area contributed by atoms with Gasteiger partial charge in [0.05, 0.1) is 19.6 Å². The van der Waals surface area contributed by atoms with Crippen molar-refractivity contribution in [3.05, 3.63) is 22.7 Å². The Kier molecular flexibility index (Phi) is 7.34. The molecule has 0 radical (unpaired) electrons. The lowest BCUT2D eigenvalue weighted by atomic mass is 10.1. The molecule has 1 aromatic carbocycles. The van der Waals surface area contributed by atoms with E-state index in [0.717, 1.165) is 0 Å². The minimum Gasteiger partial charge on any atom is -0.495 e. The van der Waals surface area contributed by atoms with Crippen molar-refractivity contribution < 1.29 is 23.0 Å². The Morgan fingerprint density at radius 2 is 1.90 bits per heavy atom. The molecule has 7 heteroatoms. The third-order valence-electron chi connectivity index (χ3n) is 2.61. The van der Waals surface area contributed by atoms with Gasteiger partial charge in [-0.3, -0.25) is 0 Å². The molecule has 0 N–H and O–H groups in total. The van der Waals surface area contributed by atoms with E-state index in [1.807, 2.05) is 0 Å². The smallest absolute Gasteiger partial charge is 0.261 e. The summed E-state index contributed by atoms with van der Waals surface area (Å²) in [7, 11) is 2.97. The molecule has 0 saturated carbocycles. The number of ether oxygens (including phenoxy) is 3. The van der Waals surface area contributed by atoms with Crippen molar-refractivity contribution in [1.82, 2.24) is 0 Å². The first-order valence-electron chi connectivity index (χ1n) is 5.91. The highest BCUT2D eigenvalue weighted by Crippen LogP contribution is 2.42. The van der Waals surface area contributed by atoms with E-state index in [4.69, 9.17) is 37.4 Å². The van der Waals surface area contributed by atoms with Crippen molar-refractivity contribution in [2.24, 2.45) is 0 Å². The lowest BCUT2D eigenvalue weighted by Gasteiger charge is -2.17. The maximum absolute atomic E-state index is 11.9. The van der Waals surface area contributed by atoms with Crippen molar-refractivity contribution in [2.45, 2.75) is 18.2 Å². The molecule has 1 aromatic rings. The summed E-state index contributed by atoms with van der Waals surface area (Å²) >= 11 is 12.3. The average molecular weight is 329 g/mol. The van der Waals surface area contributed by atoms with Crippen molar-refractivity contribution in [1.29, 1.82) is 0 Å². The van der Waals surface area contributed by atoms with Crippen LogP contribution in [0, 0.1) is 0 Å². The summed E-state index contributed by atoms with van der Waals surface area (Å²) in [6, 6.07) is 3.41. The zero-order chi connectivity index (χ0) is 15.1. The Morgan fingerprint density at radius 1 is 1.20 bits per heavy atom. The molecular weight excluding hydrogens is 313 g/mol. The second kappa shape index (κ2) is 8.49. The van der Waals surface area contributed by atoms with E-state index in [2.05, 4.69) is 0 Å². The maximum atomic E-state index is 11.9. The molecule has 1 atom stereocenters. The molecule has 0 aliphatic rings. The van der Waals surface area contributed by atoms with Gasteiger partial charge in [0, 0.05) is 12.2 Å². The molecule has 0 aliphatic carbocycles. The molecule has 0 bridgehead atoms. The molecule has 0 aliphatic heterocycles. The van der Waals surface area contributed by atoms with E-state index in [1.165, 1.54) is 14.2 Å². The number of rotatable bonds is 8. The SMILES string of the molecule is COc1ccc(C(Cl)CCOCC(F)F)c(OC)c1Cl. The van der Waals surface area contributed by atoms with Gasteiger partial charge in [-0.1, -0.05) is 17.7 Å². The normalized spacial score (nSPS) is 12.6. The summed E-state index contributed by atoms with van der Waals surface area (Å²) in [6.07, 6.45) is -2.11. The molecule has 114 valence electrons. The summed E-state index contributed by atoms with van der Waals surface area (Å²) in [5.41, 5.74) is 0.667. The zero-order valence-electron chi connectivity index (χ0n) is 11.2. The van der Waals surface area contributed by atoms with E-state index < -0.39 is 18.4 Å². The highest BCUT2D eigenvalue weighted by Gasteiger charge is 2.19. The van der Waals surface area contributed by atoms with Gasteiger partial charge in [-0.2, -0.15) is 0 Å². The molecule has 0 spiro atoms. The van der Waals surface area contributed by atoms with E-state index in [0.29, 0.717) is 28.5 Å². The Bertz CT molecular complexity index is 430. The lowest BCUT2D eigenvalue weighted by Crippen LogP contribution is -2.07. The Hall–Kier alpha value is -0.780. The molecular formula is C13H16Cl2F2O3. The summed E-state index contributed by atoms with van der Waals surface area (Å²) in [6.45, 7) is -0.463. The van der Waals surface area contributed by atoms with Gasteiger partial charge in [-0.25, -0.2) is 8.78 Å². The first-order chi connectivity index (χ1) is 9.51. The second-order valence-corrected chi connectivity index (χ2v) is 4.83. The topological polar surface area (TPSA) is 27.7 Å². The predicted molar refractivity (Wildman–Crippen MR) is 74.6 cm³/mol. The lowest BCUT2D eigenvalue weighted by molar-refractivity contribution is 0.0165. The van der Waals surface area contributed by atoms with Gasteiger partial charge in [0.15, 0.2) is 0 Å². The number of hydrogen-bond donors (Lipinski definition) is 0. The minimum absolute atomic E-state index is 0.130. The molecule has 20 heavy (non-hydrogen) atoms. The van der Waals surface area contributed by atoms with Gasteiger partial charge >= 0.3 is 0 Å². The first kappa shape index (κ1) is 17.3. The minimum atomic E-state index is -2.48. The number of methoxy groups -OCH3 is 2. The quantitative estimate of drug-likeness (QED) is 0.525. The first-order valence-corrected chi connectivity index (χ1v) is 6.73. The fourth-order valence-corrected chi connectivity index (χ4v) is 2.27. The van der Waals surface area contributed by atoms with Crippen molar-refractivity contribution >= 4 is 23.2 Å². The third-order valence-corrected chi connectivity index (χ3v) is 3.42. The van der Waals surface area contributed by atoms with Crippen LogP contribution in [0.2, 0.25) is 5.02 Å². The second-order valence-electron chi connectivity index (χ2n) is 3.93. The molecule has 0 heterocycles. The van der Waals surface area contributed by atoms with Crippen molar-refractivity contribution in [2.75, 3.05) is 27.4 Å². The molecule has 0 amide bonds. The van der Waals surface area contributed by atoms with Gasteiger partial charge in [0.2, 0.25) is 0 Å². The van der Waals surface area contributed by atoms with E-state index in [9.17, 15) is 8.78 Å². The summed E-state index contributed by atoms with van der Waals surface area (Å²) in [5.74, 6) is 0.893. The number of halogens is 4. The number of alkyl halides is 3. The van der Waals surface area contributed by atoms with Gasteiger partial charge in [0.1, 0.15) is 23.1 Å². The van der Waals surface area contributed by atoms with Gasteiger partial charge in [-0.15, -0.1) is 11.6 Å². The largest absolute Gasteiger partial charge is 0.495 e. The van der Waals surface area contributed by atoms with Gasteiger partial charge in [-0.05, 0) is 12.5 Å². The van der Waals surface area contributed by atoms with Crippen LogP contribution in [0.3, 0.4) is 0 Å². The summed E-state index contributed by atoms with van der Waals surface area (Å²) in [4.78, 5) is 0. The highest BCUT2D eigenvalue weighted by atomic mass is 35.5. The molecule has 1 unspecified atom stereocenters. The molecule has 0 aromatic heterocycles. The van der Waals surface area contributed by atoms with Gasteiger partial charge in [0.25, 0.3) is 6.43 Å². The van der Waals surface area contributed by atoms with Crippen LogP contribution in [0.4, 0.5) is 8.78 Å². The molecule has 1 rings (SSSR count). The predicted octanol–water partition coefficient (Wildman–Crippen LogP) is 4.31. The molecule has 0 fully saturated rings. The summed E-state index contributed by atoms with van der Waals surface area (Å²) in [5, 5.41) is -0.127. The summed E-state index contributed by atoms with van der Waals surface area (Å²) < 4.78 is 39.0. The third kappa shape index (κ3) is 4.65. The van der Waals surface area contributed by atoms with Crippen LogP contribution in [0.5, 0.6) is 11.5 Å². The van der Waals surface area contributed by atoms with Gasteiger partial charge < -0.3 is 14.2 Å². The molecule has 3 nitrogen and oxygen atoms in total. The average Bonchev–Trinajstić information content (AvgIpc) is 2.42. The van der Waals surface area contributed by atoms with E-state index in [-0.39, 0.29) is 6.61 Å². The Morgan fingerprint density at radius 3 is 2.45 bits per heavy atom. The fourth-order valence-electron chi connectivity index (χ4n) is 1.68.